The zero-order valence-electron chi connectivity index (χ0n) is 14.3. The van der Waals surface area contributed by atoms with E-state index in [4.69, 9.17) is 4.74 Å². The monoisotopic (exact) mass is 296 g/mol. The standard InChI is InChI=1S/C18H36N2O/c1-3-6-17-7-11-20(12-8-17)15-18(14-19-10-4-2)9-5-13-21-16-18/h17,19H,3-16H2,1-2H3. The highest BCUT2D eigenvalue weighted by atomic mass is 16.5. The molecule has 1 N–H and O–H groups in total. The Labute approximate surface area is 131 Å². The Balaban J connectivity index is 1.81. The third-order valence-corrected chi connectivity index (χ3v) is 5.29. The molecule has 0 aromatic carbocycles. The number of likely N-dealkylation sites (tertiary alicyclic amines) is 1. The smallest absolute Gasteiger partial charge is 0.0546 e. The van der Waals surface area contributed by atoms with Crippen molar-refractivity contribution in [2.24, 2.45) is 11.3 Å². The summed E-state index contributed by atoms with van der Waals surface area (Å²) in [6.07, 6.45) is 9.39. The van der Waals surface area contributed by atoms with Crippen molar-refractivity contribution in [1.29, 1.82) is 0 Å². The van der Waals surface area contributed by atoms with E-state index in [1.165, 1.54) is 64.6 Å². The average molecular weight is 296 g/mol. The molecule has 0 saturated carbocycles. The fourth-order valence-corrected chi connectivity index (χ4v) is 4.08. The Morgan fingerprint density at radius 2 is 2.00 bits per heavy atom. The van der Waals surface area contributed by atoms with E-state index in [0.717, 1.165) is 32.2 Å². The van der Waals surface area contributed by atoms with Crippen LogP contribution < -0.4 is 5.32 Å². The zero-order chi connectivity index (χ0) is 15.0. The molecule has 0 aromatic heterocycles. The van der Waals surface area contributed by atoms with E-state index in [9.17, 15) is 0 Å². The van der Waals surface area contributed by atoms with Gasteiger partial charge in [-0.1, -0.05) is 26.7 Å². The number of hydrogen-bond acceptors (Lipinski definition) is 3. The van der Waals surface area contributed by atoms with Gasteiger partial charge in [0.2, 0.25) is 0 Å². The molecule has 0 radical (unpaired) electrons. The van der Waals surface area contributed by atoms with Crippen LogP contribution in [0.4, 0.5) is 0 Å². The molecular formula is C18H36N2O. The summed E-state index contributed by atoms with van der Waals surface area (Å²) in [4.78, 5) is 2.72. The minimum Gasteiger partial charge on any atom is -0.381 e. The van der Waals surface area contributed by atoms with Crippen molar-refractivity contribution in [3.05, 3.63) is 0 Å². The highest BCUT2D eigenvalue weighted by Gasteiger charge is 2.35. The Kier molecular flexibility index (Phi) is 7.48. The zero-order valence-corrected chi connectivity index (χ0v) is 14.3. The first kappa shape index (κ1) is 17.2. The SMILES string of the molecule is CCCNCC1(CN2CCC(CCC)CC2)CCCOC1. The molecule has 2 saturated heterocycles. The minimum atomic E-state index is 0.366. The Hall–Kier alpha value is -0.120. The maximum atomic E-state index is 5.85. The third-order valence-electron chi connectivity index (χ3n) is 5.29. The van der Waals surface area contributed by atoms with Crippen LogP contribution in [0.25, 0.3) is 0 Å². The first-order valence-corrected chi connectivity index (χ1v) is 9.29. The van der Waals surface area contributed by atoms with Crippen LogP contribution in [0.2, 0.25) is 0 Å². The fraction of sp³-hybridized carbons (Fsp3) is 1.00. The summed E-state index contributed by atoms with van der Waals surface area (Å²) in [6, 6.07) is 0. The molecule has 0 aliphatic carbocycles. The molecular weight excluding hydrogens is 260 g/mol. The third kappa shape index (κ3) is 5.54. The summed E-state index contributed by atoms with van der Waals surface area (Å²) in [7, 11) is 0. The van der Waals surface area contributed by atoms with Gasteiger partial charge in [0, 0.05) is 25.1 Å². The van der Waals surface area contributed by atoms with Crippen LogP contribution >= 0.6 is 0 Å². The molecule has 1 unspecified atom stereocenters. The van der Waals surface area contributed by atoms with Crippen LogP contribution in [-0.2, 0) is 4.74 Å². The Morgan fingerprint density at radius 1 is 1.19 bits per heavy atom. The van der Waals surface area contributed by atoms with Crippen LogP contribution in [-0.4, -0.2) is 50.8 Å². The Morgan fingerprint density at radius 3 is 2.62 bits per heavy atom. The van der Waals surface area contributed by atoms with E-state index in [1.807, 2.05) is 0 Å². The van der Waals surface area contributed by atoms with E-state index < -0.39 is 0 Å². The summed E-state index contributed by atoms with van der Waals surface area (Å²) in [5.74, 6) is 0.989. The van der Waals surface area contributed by atoms with Gasteiger partial charge in [0.05, 0.1) is 6.61 Å². The molecule has 0 bridgehead atoms. The lowest BCUT2D eigenvalue weighted by Gasteiger charge is -2.43. The van der Waals surface area contributed by atoms with Crippen LogP contribution in [0.3, 0.4) is 0 Å². The lowest BCUT2D eigenvalue weighted by atomic mass is 9.80. The second kappa shape index (κ2) is 9.12. The van der Waals surface area contributed by atoms with Crippen molar-refractivity contribution in [3.63, 3.8) is 0 Å². The van der Waals surface area contributed by atoms with E-state index >= 15 is 0 Å². The van der Waals surface area contributed by atoms with Crippen molar-refractivity contribution >= 4 is 0 Å². The van der Waals surface area contributed by atoms with E-state index in [-0.39, 0.29) is 0 Å². The van der Waals surface area contributed by atoms with Crippen molar-refractivity contribution < 1.29 is 4.74 Å². The van der Waals surface area contributed by atoms with E-state index in [1.54, 1.807) is 0 Å². The van der Waals surface area contributed by atoms with Gasteiger partial charge in [-0.2, -0.15) is 0 Å². The van der Waals surface area contributed by atoms with Gasteiger partial charge in [0.15, 0.2) is 0 Å². The molecule has 2 aliphatic rings. The molecule has 2 aliphatic heterocycles. The summed E-state index contributed by atoms with van der Waals surface area (Å²) < 4.78 is 5.85. The second-order valence-electron chi connectivity index (χ2n) is 7.34. The molecule has 3 nitrogen and oxygen atoms in total. The second-order valence-corrected chi connectivity index (χ2v) is 7.34. The predicted molar refractivity (Wildman–Crippen MR) is 89.7 cm³/mol. The average Bonchev–Trinajstić information content (AvgIpc) is 2.51. The Bertz CT molecular complexity index is 268. The maximum Gasteiger partial charge on any atom is 0.0546 e. The van der Waals surface area contributed by atoms with Crippen LogP contribution in [0.5, 0.6) is 0 Å². The maximum absolute atomic E-state index is 5.85. The molecule has 2 heterocycles. The molecule has 1 atom stereocenters. The van der Waals surface area contributed by atoms with Gasteiger partial charge in [-0.15, -0.1) is 0 Å². The number of ether oxygens (including phenoxy) is 1. The molecule has 0 aromatic rings. The van der Waals surface area contributed by atoms with Gasteiger partial charge in [-0.3, -0.25) is 0 Å². The molecule has 21 heavy (non-hydrogen) atoms. The van der Waals surface area contributed by atoms with E-state index in [2.05, 4.69) is 24.1 Å². The quantitative estimate of drug-likeness (QED) is 0.696. The molecule has 2 rings (SSSR count). The van der Waals surface area contributed by atoms with Gasteiger partial charge in [0.25, 0.3) is 0 Å². The summed E-state index contributed by atoms with van der Waals surface area (Å²) in [6.45, 7) is 12.6. The van der Waals surface area contributed by atoms with E-state index in [0.29, 0.717) is 5.41 Å². The number of piperidine rings is 1. The number of hydrogen-bond donors (Lipinski definition) is 1. The molecule has 124 valence electrons. The highest BCUT2D eigenvalue weighted by molar-refractivity contribution is 4.88. The van der Waals surface area contributed by atoms with Gasteiger partial charge in [-0.05, 0) is 57.7 Å². The summed E-state index contributed by atoms with van der Waals surface area (Å²) in [5.41, 5.74) is 0.366. The fourth-order valence-electron chi connectivity index (χ4n) is 4.08. The highest BCUT2D eigenvalue weighted by Crippen LogP contribution is 2.31. The van der Waals surface area contributed by atoms with Crippen molar-refractivity contribution in [2.75, 3.05) is 45.9 Å². The summed E-state index contributed by atoms with van der Waals surface area (Å²) >= 11 is 0. The van der Waals surface area contributed by atoms with Crippen molar-refractivity contribution in [2.45, 2.75) is 58.8 Å². The number of nitrogens with one attached hydrogen (secondary N) is 1. The first-order valence-electron chi connectivity index (χ1n) is 9.29. The minimum absolute atomic E-state index is 0.366. The topological polar surface area (TPSA) is 24.5 Å². The van der Waals surface area contributed by atoms with Crippen molar-refractivity contribution in [1.82, 2.24) is 10.2 Å². The summed E-state index contributed by atoms with van der Waals surface area (Å²) in [5, 5.41) is 3.66. The van der Waals surface area contributed by atoms with Gasteiger partial charge in [-0.25, -0.2) is 0 Å². The lowest BCUT2D eigenvalue weighted by molar-refractivity contribution is -0.0308. The van der Waals surface area contributed by atoms with Crippen molar-refractivity contribution in [3.8, 4) is 0 Å². The molecule has 0 spiro atoms. The number of rotatable bonds is 8. The molecule has 3 heteroatoms. The van der Waals surface area contributed by atoms with Gasteiger partial charge < -0.3 is 15.0 Å². The van der Waals surface area contributed by atoms with Crippen LogP contribution in [0.1, 0.15) is 58.8 Å². The number of nitrogens with zero attached hydrogens (tertiary/aromatic N) is 1. The normalized spacial score (nSPS) is 28.9. The first-order chi connectivity index (χ1) is 10.3. The predicted octanol–water partition coefficient (Wildman–Crippen LogP) is 3.29. The molecule has 0 amide bonds. The lowest BCUT2D eigenvalue weighted by Crippen LogP contribution is -2.50. The van der Waals surface area contributed by atoms with Gasteiger partial charge >= 0.3 is 0 Å². The van der Waals surface area contributed by atoms with Crippen LogP contribution in [0, 0.1) is 11.3 Å². The largest absolute Gasteiger partial charge is 0.381 e. The van der Waals surface area contributed by atoms with Gasteiger partial charge in [0.1, 0.15) is 0 Å². The van der Waals surface area contributed by atoms with Crippen LogP contribution in [0.15, 0.2) is 0 Å². The molecule has 2 fully saturated rings.